The van der Waals surface area contributed by atoms with Crippen LogP contribution in [0.25, 0.3) is 0 Å². The van der Waals surface area contributed by atoms with Crippen LogP contribution in [0.15, 0.2) is 30.6 Å². The summed E-state index contributed by atoms with van der Waals surface area (Å²) >= 11 is 0. The molecule has 1 saturated heterocycles. The van der Waals surface area contributed by atoms with Crippen LogP contribution in [0.5, 0.6) is 0 Å². The summed E-state index contributed by atoms with van der Waals surface area (Å²) in [6.45, 7) is 4.54. The number of benzene rings is 1. The van der Waals surface area contributed by atoms with E-state index in [2.05, 4.69) is 22.3 Å². The molecule has 0 amide bonds. The van der Waals surface area contributed by atoms with E-state index in [1.807, 2.05) is 16.8 Å². The molecule has 1 fully saturated rings. The summed E-state index contributed by atoms with van der Waals surface area (Å²) in [5, 5.41) is 7.52. The van der Waals surface area contributed by atoms with Crippen molar-refractivity contribution in [2.24, 2.45) is 0 Å². The van der Waals surface area contributed by atoms with Gasteiger partial charge in [0, 0.05) is 31.5 Å². The Morgan fingerprint density at radius 1 is 1.35 bits per heavy atom. The van der Waals surface area contributed by atoms with Gasteiger partial charge in [-0.3, -0.25) is 4.68 Å². The van der Waals surface area contributed by atoms with Crippen molar-refractivity contribution in [3.63, 3.8) is 0 Å². The molecule has 3 rings (SSSR count). The van der Waals surface area contributed by atoms with Crippen molar-refractivity contribution in [3.05, 3.63) is 47.8 Å². The number of hydrogen-bond donors (Lipinski definition) is 1. The van der Waals surface area contributed by atoms with Crippen LogP contribution in [-0.2, 0) is 18.4 Å². The summed E-state index contributed by atoms with van der Waals surface area (Å²) in [6, 6.07) is 7.05. The fraction of sp³-hybridized carbons (Fsp3) is 0.467. The van der Waals surface area contributed by atoms with Crippen molar-refractivity contribution >= 4 is 0 Å². The molecule has 20 heavy (non-hydrogen) atoms. The molecule has 1 aliphatic rings. The molecule has 106 valence electrons. The van der Waals surface area contributed by atoms with Crippen molar-refractivity contribution < 1.29 is 4.39 Å². The molecule has 4 nitrogen and oxygen atoms in total. The minimum atomic E-state index is -0.191. The first kappa shape index (κ1) is 13.2. The van der Waals surface area contributed by atoms with Gasteiger partial charge in [-0.1, -0.05) is 25.1 Å². The quantitative estimate of drug-likeness (QED) is 0.905. The van der Waals surface area contributed by atoms with Crippen LogP contribution >= 0.6 is 0 Å². The third kappa shape index (κ3) is 2.22. The van der Waals surface area contributed by atoms with Crippen LogP contribution in [0.1, 0.15) is 24.7 Å². The van der Waals surface area contributed by atoms with E-state index in [-0.39, 0.29) is 11.2 Å². The Hall–Kier alpha value is -1.75. The summed E-state index contributed by atoms with van der Waals surface area (Å²) in [5.74, 6) is 0.812. The Morgan fingerprint density at radius 2 is 2.15 bits per heavy atom. The second kappa shape index (κ2) is 5.32. The standard InChI is InChI=1S/C15H19FN4/c1-2-7-20-14(18-11-19-20)8-15(9-17-10-15)12-5-3-4-6-13(12)16/h3-6,11,17H,2,7-10H2,1H3. The van der Waals surface area contributed by atoms with Gasteiger partial charge in [-0.15, -0.1) is 0 Å². The van der Waals surface area contributed by atoms with Gasteiger partial charge in [-0.25, -0.2) is 9.37 Å². The molecule has 2 heterocycles. The largest absolute Gasteiger partial charge is 0.315 e. The minimum Gasteiger partial charge on any atom is -0.315 e. The third-order valence-corrected chi connectivity index (χ3v) is 4.00. The first-order chi connectivity index (χ1) is 9.75. The first-order valence-electron chi connectivity index (χ1n) is 7.07. The summed E-state index contributed by atoms with van der Waals surface area (Å²) in [7, 11) is 0. The lowest BCUT2D eigenvalue weighted by Crippen LogP contribution is -2.58. The molecule has 5 heteroatoms. The van der Waals surface area contributed by atoms with E-state index in [1.165, 1.54) is 6.07 Å². The number of hydrogen-bond acceptors (Lipinski definition) is 3. The van der Waals surface area contributed by atoms with Crippen LogP contribution in [0.2, 0.25) is 0 Å². The van der Waals surface area contributed by atoms with Gasteiger partial charge in [0.05, 0.1) is 0 Å². The molecule has 1 aromatic heterocycles. The van der Waals surface area contributed by atoms with Crippen LogP contribution in [0.4, 0.5) is 4.39 Å². The van der Waals surface area contributed by atoms with E-state index in [4.69, 9.17) is 0 Å². The molecule has 0 atom stereocenters. The molecule has 2 aromatic rings. The predicted molar refractivity (Wildman–Crippen MR) is 75.0 cm³/mol. The average Bonchev–Trinajstić information content (AvgIpc) is 2.83. The number of aryl methyl sites for hydroxylation is 1. The highest BCUT2D eigenvalue weighted by molar-refractivity contribution is 5.32. The number of nitrogens with zero attached hydrogens (tertiary/aromatic N) is 3. The molecule has 1 aromatic carbocycles. The van der Waals surface area contributed by atoms with Crippen LogP contribution in [0, 0.1) is 5.82 Å². The molecule has 0 saturated carbocycles. The van der Waals surface area contributed by atoms with E-state index < -0.39 is 0 Å². The normalized spacial score (nSPS) is 16.9. The summed E-state index contributed by atoms with van der Waals surface area (Å²) < 4.78 is 16.0. The van der Waals surface area contributed by atoms with E-state index in [1.54, 1.807) is 12.4 Å². The van der Waals surface area contributed by atoms with Gasteiger partial charge in [0.1, 0.15) is 18.0 Å². The molecule has 0 spiro atoms. The van der Waals surface area contributed by atoms with Crippen LogP contribution in [-0.4, -0.2) is 27.9 Å². The van der Waals surface area contributed by atoms with Gasteiger partial charge in [0.2, 0.25) is 0 Å². The fourth-order valence-corrected chi connectivity index (χ4v) is 2.86. The zero-order chi connectivity index (χ0) is 14.0. The second-order valence-corrected chi connectivity index (χ2v) is 5.44. The highest BCUT2D eigenvalue weighted by atomic mass is 19.1. The highest BCUT2D eigenvalue weighted by Gasteiger charge is 2.41. The second-order valence-electron chi connectivity index (χ2n) is 5.44. The lowest BCUT2D eigenvalue weighted by atomic mass is 9.72. The maximum Gasteiger partial charge on any atom is 0.138 e. The van der Waals surface area contributed by atoms with E-state index in [0.717, 1.165) is 43.9 Å². The van der Waals surface area contributed by atoms with Gasteiger partial charge in [0.25, 0.3) is 0 Å². The topological polar surface area (TPSA) is 42.7 Å². The summed E-state index contributed by atoms with van der Waals surface area (Å²) in [4.78, 5) is 4.36. The van der Waals surface area contributed by atoms with Crippen molar-refractivity contribution in [3.8, 4) is 0 Å². The molecule has 1 aliphatic heterocycles. The van der Waals surface area contributed by atoms with E-state index in [9.17, 15) is 4.39 Å². The molecule has 0 bridgehead atoms. The number of aromatic nitrogens is 3. The molecule has 1 N–H and O–H groups in total. The Labute approximate surface area is 118 Å². The maximum atomic E-state index is 14.1. The van der Waals surface area contributed by atoms with Crippen molar-refractivity contribution in [2.75, 3.05) is 13.1 Å². The van der Waals surface area contributed by atoms with Gasteiger partial charge in [-0.05, 0) is 18.1 Å². The minimum absolute atomic E-state index is 0.129. The van der Waals surface area contributed by atoms with Crippen LogP contribution < -0.4 is 5.32 Å². The van der Waals surface area contributed by atoms with E-state index >= 15 is 0 Å². The molecular formula is C15H19FN4. The molecule has 0 unspecified atom stereocenters. The third-order valence-electron chi connectivity index (χ3n) is 4.00. The SMILES string of the molecule is CCCn1ncnc1CC1(c2ccccc2F)CNC1. The fourth-order valence-electron chi connectivity index (χ4n) is 2.86. The summed E-state index contributed by atoms with van der Waals surface area (Å²) in [5.41, 5.74) is 0.592. The first-order valence-corrected chi connectivity index (χ1v) is 7.07. The Morgan fingerprint density at radius 3 is 2.80 bits per heavy atom. The van der Waals surface area contributed by atoms with Crippen LogP contribution in [0.3, 0.4) is 0 Å². The Kier molecular flexibility index (Phi) is 3.53. The zero-order valence-electron chi connectivity index (χ0n) is 11.6. The van der Waals surface area contributed by atoms with Crippen molar-refractivity contribution in [1.82, 2.24) is 20.1 Å². The Balaban J connectivity index is 1.90. The zero-order valence-corrected chi connectivity index (χ0v) is 11.6. The number of rotatable bonds is 5. The van der Waals surface area contributed by atoms with E-state index in [0.29, 0.717) is 0 Å². The maximum absolute atomic E-state index is 14.1. The van der Waals surface area contributed by atoms with Crippen molar-refractivity contribution in [2.45, 2.75) is 31.7 Å². The van der Waals surface area contributed by atoms with Gasteiger partial charge < -0.3 is 5.32 Å². The predicted octanol–water partition coefficient (Wildman–Crippen LogP) is 1.91. The number of nitrogens with one attached hydrogen (secondary N) is 1. The Bertz CT molecular complexity index is 589. The number of halogens is 1. The van der Waals surface area contributed by atoms with Gasteiger partial charge in [-0.2, -0.15) is 5.10 Å². The monoisotopic (exact) mass is 274 g/mol. The lowest BCUT2D eigenvalue weighted by molar-refractivity contribution is 0.257. The molecule has 0 radical (unpaired) electrons. The molecule has 0 aliphatic carbocycles. The average molecular weight is 274 g/mol. The van der Waals surface area contributed by atoms with Gasteiger partial charge in [0.15, 0.2) is 0 Å². The molecular weight excluding hydrogens is 255 g/mol. The lowest BCUT2D eigenvalue weighted by Gasteiger charge is -2.43. The highest BCUT2D eigenvalue weighted by Crippen LogP contribution is 2.33. The smallest absolute Gasteiger partial charge is 0.138 e. The van der Waals surface area contributed by atoms with Gasteiger partial charge >= 0.3 is 0 Å². The summed E-state index contributed by atoms with van der Waals surface area (Å²) in [6.07, 6.45) is 3.33. The van der Waals surface area contributed by atoms with Crippen molar-refractivity contribution in [1.29, 1.82) is 0 Å².